The van der Waals surface area contributed by atoms with Gasteiger partial charge in [-0.25, -0.2) is 0 Å². The van der Waals surface area contributed by atoms with Crippen LogP contribution in [0.3, 0.4) is 0 Å². The van der Waals surface area contributed by atoms with Crippen LogP contribution in [0, 0.1) is 0 Å². The van der Waals surface area contributed by atoms with E-state index in [1.165, 1.54) is 44.3 Å². The molecule has 0 spiro atoms. The van der Waals surface area contributed by atoms with Gasteiger partial charge in [-0.3, -0.25) is 0 Å². The molecule has 2 aliphatic rings. The van der Waals surface area contributed by atoms with Gasteiger partial charge < -0.3 is 15.0 Å². The molecule has 0 bridgehead atoms. The SMILES string of the molecule is COCCN(C)CC1=CC=C(C=C2CC[NH2+]CC2)CC1. The molecule has 0 saturated carbocycles. The monoisotopic (exact) mass is 277 g/mol. The van der Waals surface area contributed by atoms with Crippen LogP contribution in [-0.4, -0.2) is 51.8 Å². The van der Waals surface area contributed by atoms with Gasteiger partial charge in [-0.2, -0.15) is 0 Å². The van der Waals surface area contributed by atoms with Crippen LogP contribution >= 0.6 is 0 Å². The van der Waals surface area contributed by atoms with Crippen molar-refractivity contribution in [2.24, 2.45) is 0 Å². The second-order valence-electron chi connectivity index (χ2n) is 5.97. The lowest BCUT2D eigenvalue weighted by molar-refractivity contribution is -0.658. The number of allylic oxidation sites excluding steroid dienone is 4. The highest BCUT2D eigenvalue weighted by molar-refractivity contribution is 5.33. The lowest BCUT2D eigenvalue weighted by atomic mass is 9.94. The van der Waals surface area contributed by atoms with Crippen LogP contribution in [0.4, 0.5) is 0 Å². The van der Waals surface area contributed by atoms with Crippen LogP contribution in [0.5, 0.6) is 0 Å². The average molecular weight is 277 g/mol. The third kappa shape index (κ3) is 5.23. The maximum absolute atomic E-state index is 5.12. The van der Waals surface area contributed by atoms with E-state index in [2.05, 4.69) is 35.5 Å². The minimum atomic E-state index is 0.813. The fraction of sp³-hybridized carbons (Fsp3) is 0.647. The zero-order valence-corrected chi connectivity index (χ0v) is 13.0. The molecule has 0 radical (unpaired) electrons. The first kappa shape index (κ1) is 15.5. The Morgan fingerprint density at radius 2 is 2.00 bits per heavy atom. The number of nitrogens with zero attached hydrogens (tertiary/aromatic N) is 1. The molecule has 2 N–H and O–H groups in total. The number of ether oxygens (including phenoxy) is 1. The van der Waals surface area contributed by atoms with Crippen molar-refractivity contribution in [2.45, 2.75) is 25.7 Å². The Morgan fingerprint density at radius 1 is 1.20 bits per heavy atom. The number of nitrogens with two attached hydrogens (primary N) is 1. The van der Waals surface area contributed by atoms with Gasteiger partial charge >= 0.3 is 0 Å². The summed E-state index contributed by atoms with van der Waals surface area (Å²) in [5.74, 6) is 0. The van der Waals surface area contributed by atoms with Gasteiger partial charge in [0, 0.05) is 33.0 Å². The third-order valence-electron chi connectivity index (χ3n) is 4.15. The van der Waals surface area contributed by atoms with Gasteiger partial charge in [0.25, 0.3) is 0 Å². The molecule has 20 heavy (non-hydrogen) atoms. The van der Waals surface area contributed by atoms with Crippen LogP contribution in [0.2, 0.25) is 0 Å². The first-order chi connectivity index (χ1) is 9.78. The van der Waals surface area contributed by atoms with Crippen LogP contribution in [0.1, 0.15) is 25.7 Å². The highest BCUT2D eigenvalue weighted by Crippen LogP contribution is 2.22. The van der Waals surface area contributed by atoms with Crippen molar-refractivity contribution in [3.63, 3.8) is 0 Å². The largest absolute Gasteiger partial charge is 0.383 e. The molecule has 3 heteroatoms. The van der Waals surface area contributed by atoms with Crippen molar-refractivity contribution in [2.75, 3.05) is 46.9 Å². The van der Waals surface area contributed by atoms with E-state index in [0.29, 0.717) is 0 Å². The Bertz CT molecular complexity index is 388. The zero-order chi connectivity index (χ0) is 14.2. The topological polar surface area (TPSA) is 29.1 Å². The van der Waals surface area contributed by atoms with E-state index in [1.807, 2.05) is 0 Å². The molecule has 1 saturated heterocycles. The number of piperidine rings is 1. The number of quaternary nitrogens is 1. The average Bonchev–Trinajstić information content (AvgIpc) is 2.48. The minimum Gasteiger partial charge on any atom is -0.383 e. The van der Waals surface area contributed by atoms with Crippen LogP contribution in [-0.2, 0) is 4.74 Å². The Kier molecular flexibility index (Phi) is 6.51. The summed E-state index contributed by atoms with van der Waals surface area (Å²) in [6.45, 7) is 5.42. The number of hydrogen-bond donors (Lipinski definition) is 1. The molecule has 0 aromatic rings. The molecule has 0 aromatic carbocycles. The van der Waals surface area contributed by atoms with Crippen molar-refractivity contribution in [1.82, 2.24) is 4.90 Å². The number of methoxy groups -OCH3 is 1. The van der Waals surface area contributed by atoms with Gasteiger partial charge in [-0.15, -0.1) is 0 Å². The number of likely N-dealkylation sites (N-methyl/N-ethyl adjacent to an activating group) is 1. The van der Waals surface area contributed by atoms with Gasteiger partial charge in [0.1, 0.15) is 0 Å². The maximum Gasteiger partial charge on any atom is 0.0793 e. The summed E-state index contributed by atoms with van der Waals surface area (Å²) in [4.78, 5) is 2.34. The van der Waals surface area contributed by atoms with E-state index in [0.717, 1.165) is 19.7 Å². The Hall–Kier alpha value is -0.900. The Morgan fingerprint density at radius 3 is 2.65 bits per heavy atom. The summed E-state index contributed by atoms with van der Waals surface area (Å²) in [6, 6.07) is 0. The molecule has 0 amide bonds. The Balaban J connectivity index is 1.84. The second kappa shape index (κ2) is 8.40. The van der Waals surface area contributed by atoms with Gasteiger partial charge in [0.2, 0.25) is 0 Å². The predicted octanol–water partition coefficient (Wildman–Crippen LogP) is 1.49. The van der Waals surface area contributed by atoms with E-state index in [-0.39, 0.29) is 0 Å². The van der Waals surface area contributed by atoms with Crippen molar-refractivity contribution < 1.29 is 10.1 Å². The van der Waals surface area contributed by atoms with E-state index >= 15 is 0 Å². The third-order valence-corrected chi connectivity index (χ3v) is 4.15. The van der Waals surface area contributed by atoms with E-state index < -0.39 is 0 Å². The molecule has 3 nitrogen and oxygen atoms in total. The van der Waals surface area contributed by atoms with E-state index in [9.17, 15) is 0 Å². The van der Waals surface area contributed by atoms with Gasteiger partial charge in [0.05, 0.1) is 19.7 Å². The highest BCUT2D eigenvalue weighted by atomic mass is 16.5. The Labute approximate surface area is 123 Å². The molecule has 1 aliphatic heterocycles. The molecular formula is C17H29N2O+. The van der Waals surface area contributed by atoms with Crippen molar-refractivity contribution in [1.29, 1.82) is 0 Å². The summed E-state index contributed by atoms with van der Waals surface area (Å²) < 4.78 is 5.12. The predicted molar refractivity (Wildman–Crippen MR) is 83.7 cm³/mol. The summed E-state index contributed by atoms with van der Waals surface area (Å²) in [5.41, 5.74) is 4.71. The number of rotatable bonds is 6. The maximum atomic E-state index is 5.12. The van der Waals surface area contributed by atoms with Crippen molar-refractivity contribution in [3.8, 4) is 0 Å². The lowest BCUT2D eigenvalue weighted by Gasteiger charge is -2.21. The molecule has 2 rings (SSSR count). The van der Waals surface area contributed by atoms with E-state index in [4.69, 9.17) is 4.74 Å². The van der Waals surface area contributed by atoms with Crippen LogP contribution < -0.4 is 5.32 Å². The van der Waals surface area contributed by atoms with Crippen LogP contribution in [0.25, 0.3) is 0 Å². The molecule has 1 fully saturated rings. The standard InChI is InChI=1S/C17H28N2O/c1-19(11-12-20-2)14-17-5-3-15(4-6-17)13-16-7-9-18-10-8-16/h3,5,13,18H,4,6-12,14H2,1-2H3/p+1. The molecular weight excluding hydrogens is 248 g/mol. The minimum absolute atomic E-state index is 0.813. The fourth-order valence-electron chi connectivity index (χ4n) is 2.87. The van der Waals surface area contributed by atoms with E-state index in [1.54, 1.807) is 18.3 Å². The highest BCUT2D eigenvalue weighted by Gasteiger charge is 2.11. The molecule has 0 atom stereocenters. The molecule has 1 heterocycles. The molecule has 0 unspecified atom stereocenters. The summed E-state index contributed by atoms with van der Waals surface area (Å²) in [6.07, 6.45) is 12.1. The smallest absolute Gasteiger partial charge is 0.0793 e. The molecule has 0 aromatic heterocycles. The summed E-state index contributed by atoms with van der Waals surface area (Å²) in [7, 11) is 3.93. The first-order valence-electron chi connectivity index (χ1n) is 7.85. The zero-order valence-electron chi connectivity index (χ0n) is 13.0. The van der Waals surface area contributed by atoms with Gasteiger partial charge in [-0.05, 0) is 25.5 Å². The normalized spacial score (nSPS) is 19.9. The van der Waals surface area contributed by atoms with Gasteiger partial charge in [-0.1, -0.05) is 29.4 Å². The summed E-state index contributed by atoms with van der Waals surface area (Å²) >= 11 is 0. The molecule has 1 aliphatic carbocycles. The van der Waals surface area contributed by atoms with Crippen molar-refractivity contribution in [3.05, 3.63) is 34.9 Å². The van der Waals surface area contributed by atoms with Gasteiger partial charge in [0.15, 0.2) is 0 Å². The summed E-state index contributed by atoms with van der Waals surface area (Å²) in [5, 5.41) is 2.42. The van der Waals surface area contributed by atoms with Crippen molar-refractivity contribution >= 4 is 0 Å². The fourth-order valence-corrected chi connectivity index (χ4v) is 2.87. The van der Waals surface area contributed by atoms with Crippen LogP contribution in [0.15, 0.2) is 34.9 Å². The molecule has 112 valence electrons. The quantitative estimate of drug-likeness (QED) is 0.797. The first-order valence-corrected chi connectivity index (χ1v) is 7.85. The number of hydrogen-bond acceptors (Lipinski definition) is 2. The second-order valence-corrected chi connectivity index (χ2v) is 5.97. The lowest BCUT2D eigenvalue weighted by Crippen LogP contribution is -2.85.